The van der Waals surface area contributed by atoms with Gasteiger partial charge in [-0.2, -0.15) is 0 Å². The fraction of sp³-hybridized carbons (Fsp3) is 0.700. The molecular weight excluding hydrogens is 358 g/mol. The normalized spacial score (nSPS) is 19.9. The minimum absolute atomic E-state index is 0.348. The molecule has 1 aromatic rings. The highest BCUT2D eigenvalue weighted by molar-refractivity contribution is 7.67. The van der Waals surface area contributed by atoms with Crippen LogP contribution in [0.15, 0.2) is 24.3 Å². The minimum Gasteiger partial charge on any atom is -0.418 e. The second-order valence-electron chi connectivity index (χ2n) is 7.67. The van der Waals surface area contributed by atoms with Crippen molar-refractivity contribution >= 4 is 20.5 Å². The van der Waals surface area contributed by atoms with Crippen LogP contribution in [0.2, 0.25) is 0 Å². The lowest BCUT2D eigenvalue weighted by Gasteiger charge is -2.32. The first kappa shape index (κ1) is 21.7. The third-order valence-corrected chi connectivity index (χ3v) is 9.70. The maximum atomic E-state index is 9.75. The summed E-state index contributed by atoms with van der Waals surface area (Å²) in [5.74, 6) is 0. The van der Waals surface area contributed by atoms with Gasteiger partial charge in [0.1, 0.15) is 0 Å². The minimum atomic E-state index is -6.00. The maximum Gasteiger partial charge on any atom is 0.673 e. The third kappa shape index (κ3) is 7.58. The van der Waals surface area contributed by atoms with Crippen LogP contribution >= 0.6 is 7.92 Å². The van der Waals surface area contributed by atoms with Crippen molar-refractivity contribution in [3.8, 4) is 0 Å². The number of hydrogen-bond donors (Lipinski definition) is 0. The summed E-state index contributed by atoms with van der Waals surface area (Å²) in [4.78, 5) is 0. The zero-order valence-electron chi connectivity index (χ0n) is 15.8. The topological polar surface area (TPSA) is 0 Å². The van der Waals surface area contributed by atoms with E-state index in [1.54, 1.807) is 5.30 Å². The molecule has 26 heavy (non-hydrogen) atoms. The molecule has 6 heteroatoms. The summed E-state index contributed by atoms with van der Waals surface area (Å²) in [6.07, 6.45) is 16.3. The lowest BCUT2D eigenvalue weighted by molar-refractivity contribution is 0.368. The van der Waals surface area contributed by atoms with E-state index >= 15 is 0 Å². The molecule has 0 unspecified atom stereocenters. The van der Waals surface area contributed by atoms with Crippen molar-refractivity contribution in [2.45, 2.75) is 88.9 Å². The van der Waals surface area contributed by atoms with Gasteiger partial charge in [-0.25, -0.2) is 0 Å². The molecular formula is C20H32BF4P. The highest BCUT2D eigenvalue weighted by Gasteiger charge is 2.38. The molecule has 0 saturated heterocycles. The third-order valence-electron chi connectivity index (χ3n) is 5.79. The second kappa shape index (κ2) is 10.7. The van der Waals surface area contributed by atoms with Crippen LogP contribution in [0.5, 0.6) is 0 Å². The first-order valence-electron chi connectivity index (χ1n) is 10.2. The first-order valence-corrected chi connectivity index (χ1v) is 11.9. The van der Waals surface area contributed by atoms with E-state index in [1.807, 2.05) is 0 Å². The number of benzene rings is 1. The van der Waals surface area contributed by atoms with Crippen molar-refractivity contribution in [2.75, 3.05) is 0 Å². The number of halogens is 4. The van der Waals surface area contributed by atoms with Crippen molar-refractivity contribution in [1.29, 1.82) is 0 Å². The summed E-state index contributed by atoms with van der Waals surface area (Å²) >= 11 is 0. The molecule has 2 saturated carbocycles. The standard InChI is InChI=1S/C20H31P.BF4/c1-2-17-13-15-20(16-14-17)21(18-9-5-3-6-10-18)19-11-7-4-8-12-19;2-1(3,4)5/h13-16,18-19H,2-12H2,1H3;/q;-1/p+1. The lowest BCUT2D eigenvalue weighted by Crippen LogP contribution is -2.26. The molecule has 0 bridgehead atoms. The Hall–Kier alpha value is -0.565. The quantitative estimate of drug-likeness (QED) is 0.293. The molecule has 3 rings (SSSR count). The van der Waals surface area contributed by atoms with Gasteiger partial charge in [-0.15, -0.1) is 0 Å². The van der Waals surface area contributed by atoms with Crippen LogP contribution in [0.3, 0.4) is 0 Å². The van der Waals surface area contributed by atoms with E-state index in [4.69, 9.17) is 0 Å². The molecule has 0 nitrogen and oxygen atoms in total. The van der Waals surface area contributed by atoms with E-state index in [1.165, 1.54) is 76.2 Å². The van der Waals surface area contributed by atoms with Crippen LogP contribution in [-0.2, 0) is 6.42 Å². The molecule has 0 heterocycles. The number of aryl methyl sites for hydroxylation is 1. The highest BCUT2D eigenvalue weighted by Crippen LogP contribution is 2.54. The summed E-state index contributed by atoms with van der Waals surface area (Å²) in [6, 6.07) is 9.84. The molecule has 0 atom stereocenters. The molecule has 2 fully saturated rings. The summed E-state index contributed by atoms with van der Waals surface area (Å²) in [7, 11) is -6.35. The highest BCUT2D eigenvalue weighted by atomic mass is 31.1. The van der Waals surface area contributed by atoms with Crippen LogP contribution in [0, 0.1) is 0 Å². The fourth-order valence-electron chi connectivity index (χ4n) is 4.56. The zero-order chi connectivity index (χ0) is 19.0. The Labute approximate surface area is 157 Å². The molecule has 148 valence electrons. The lowest BCUT2D eigenvalue weighted by atomic mass is 9.99. The van der Waals surface area contributed by atoms with Crippen molar-refractivity contribution in [1.82, 2.24) is 0 Å². The van der Waals surface area contributed by atoms with E-state index in [0.29, 0.717) is 0 Å². The summed E-state index contributed by atoms with van der Waals surface area (Å²) < 4.78 is 39.0. The molecule has 0 spiro atoms. The Morgan fingerprint density at radius 1 is 0.769 bits per heavy atom. The Bertz CT molecular complexity index is 482. The van der Waals surface area contributed by atoms with Gasteiger partial charge < -0.3 is 17.3 Å². The van der Waals surface area contributed by atoms with Gasteiger partial charge in [0.25, 0.3) is 0 Å². The summed E-state index contributed by atoms with van der Waals surface area (Å²) in [6.45, 7) is 2.27. The number of hydrogen-bond acceptors (Lipinski definition) is 0. The smallest absolute Gasteiger partial charge is 0.418 e. The predicted octanol–water partition coefficient (Wildman–Crippen LogP) is 7.05. The molecule has 0 aromatic heterocycles. The van der Waals surface area contributed by atoms with Gasteiger partial charge >= 0.3 is 7.25 Å². The van der Waals surface area contributed by atoms with Gasteiger partial charge in [-0.3, -0.25) is 0 Å². The predicted molar refractivity (Wildman–Crippen MR) is 108 cm³/mol. The SMILES string of the molecule is CCc1ccc([PH+](C2CCCCC2)C2CCCCC2)cc1.F[B-](F)(F)F. The molecule has 2 aliphatic carbocycles. The van der Waals surface area contributed by atoms with Crippen LogP contribution in [0.4, 0.5) is 17.3 Å². The Morgan fingerprint density at radius 3 is 1.50 bits per heavy atom. The van der Waals surface area contributed by atoms with E-state index in [-0.39, 0.29) is 7.92 Å². The average molecular weight is 390 g/mol. The van der Waals surface area contributed by atoms with Crippen LogP contribution in [-0.4, -0.2) is 18.6 Å². The molecule has 0 amide bonds. The van der Waals surface area contributed by atoms with E-state index < -0.39 is 7.25 Å². The van der Waals surface area contributed by atoms with E-state index in [2.05, 4.69) is 31.2 Å². The molecule has 0 radical (unpaired) electrons. The van der Waals surface area contributed by atoms with Gasteiger partial charge in [0.15, 0.2) is 0 Å². The Morgan fingerprint density at radius 2 is 1.15 bits per heavy atom. The van der Waals surface area contributed by atoms with Gasteiger partial charge in [-0.05, 0) is 75.5 Å². The summed E-state index contributed by atoms with van der Waals surface area (Å²) in [5, 5.41) is 1.76. The van der Waals surface area contributed by atoms with Crippen LogP contribution in [0.25, 0.3) is 0 Å². The second-order valence-corrected chi connectivity index (χ2v) is 10.8. The van der Waals surface area contributed by atoms with Crippen LogP contribution in [0.1, 0.15) is 76.7 Å². The Balaban J connectivity index is 0.000000431. The Kier molecular flexibility index (Phi) is 8.93. The van der Waals surface area contributed by atoms with Gasteiger partial charge in [0.2, 0.25) is 0 Å². The average Bonchev–Trinajstić information content (AvgIpc) is 2.63. The number of rotatable bonds is 4. The molecule has 1 aromatic carbocycles. The van der Waals surface area contributed by atoms with Gasteiger partial charge in [0.05, 0.1) is 16.6 Å². The van der Waals surface area contributed by atoms with Crippen molar-refractivity contribution in [3.63, 3.8) is 0 Å². The largest absolute Gasteiger partial charge is 0.673 e. The van der Waals surface area contributed by atoms with Crippen LogP contribution < -0.4 is 5.30 Å². The van der Waals surface area contributed by atoms with E-state index in [0.717, 1.165) is 11.3 Å². The summed E-state index contributed by atoms with van der Waals surface area (Å²) in [5.41, 5.74) is 3.64. The van der Waals surface area contributed by atoms with Gasteiger partial charge in [0, 0.05) is 7.92 Å². The molecule has 2 aliphatic rings. The van der Waals surface area contributed by atoms with Crippen molar-refractivity contribution in [2.24, 2.45) is 0 Å². The molecule has 0 N–H and O–H groups in total. The van der Waals surface area contributed by atoms with Crippen molar-refractivity contribution in [3.05, 3.63) is 29.8 Å². The zero-order valence-corrected chi connectivity index (χ0v) is 16.8. The monoisotopic (exact) mass is 390 g/mol. The molecule has 0 aliphatic heterocycles. The fourth-order valence-corrected chi connectivity index (χ4v) is 8.79. The first-order chi connectivity index (χ1) is 12.4. The maximum absolute atomic E-state index is 9.75. The van der Waals surface area contributed by atoms with Crippen molar-refractivity contribution < 1.29 is 17.3 Å². The van der Waals surface area contributed by atoms with E-state index in [9.17, 15) is 17.3 Å². The van der Waals surface area contributed by atoms with Gasteiger partial charge in [-0.1, -0.05) is 31.9 Å².